The molecular weight excluding hydrogens is 246 g/mol. The Bertz CT molecular complexity index is 538. The molecule has 1 aliphatic rings. The molecule has 1 heterocycles. The predicted octanol–water partition coefficient (Wildman–Crippen LogP) is 0.794. The smallest absolute Gasteiger partial charge is 0.325 e. The predicted molar refractivity (Wildman–Crippen MR) is 69.7 cm³/mol. The van der Waals surface area contributed by atoms with Crippen LogP contribution in [0.15, 0.2) is 18.2 Å². The first-order valence-electron chi connectivity index (χ1n) is 5.93. The molecule has 0 bridgehead atoms. The molecular formula is C13H15N3O3. The van der Waals surface area contributed by atoms with Gasteiger partial charge in [0.15, 0.2) is 0 Å². The molecule has 0 unspecified atom stereocenters. The first kappa shape index (κ1) is 13.1. The molecule has 0 radical (unpaired) electrons. The quantitative estimate of drug-likeness (QED) is 0.790. The van der Waals surface area contributed by atoms with Crippen LogP contribution in [-0.2, 0) is 9.59 Å². The number of nitrogens with zero attached hydrogens (tertiary/aromatic N) is 1. The summed E-state index contributed by atoms with van der Waals surface area (Å²) in [5.41, 5.74) is 2.72. The maximum atomic E-state index is 11.8. The van der Waals surface area contributed by atoms with Crippen LogP contribution in [0.4, 0.5) is 10.5 Å². The van der Waals surface area contributed by atoms with Gasteiger partial charge in [0.25, 0.3) is 5.91 Å². The third kappa shape index (κ3) is 2.73. The number of urea groups is 1. The first-order chi connectivity index (χ1) is 8.99. The number of carbonyl (C=O) groups excluding carboxylic acids is 3. The van der Waals surface area contributed by atoms with E-state index in [-0.39, 0.29) is 24.9 Å². The monoisotopic (exact) mass is 261 g/mol. The summed E-state index contributed by atoms with van der Waals surface area (Å²) >= 11 is 0. The zero-order valence-electron chi connectivity index (χ0n) is 10.8. The Morgan fingerprint density at radius 3 is 2.74 bits per heavy atom. The summed E-state index contributed by atoms with van der Waals surface area (Å²) in [7, 11) is 0. The second kappa shape index (κ2) is 5.09. The lowest BCUT2D eigenvalue weighted by Crippen LogP contribution is -2.38. The number of hydrogen-bond acceptors (Lipinski definition) is 3. The van der Waals surface area contributed by atoms with Crippen LogP contribution in [0, 0.1) is 13.8 Å². The van der Waals surface area contributed by atoms with E-state index in [2.05, 4.69) is 10.6 Å². The van der Waals surface area contributed by atoms with Crippen molar-refractivity contribution in [3.8, 4) is 0 Å². The van der Waals surface area contributed by atoms with E-state index in [0.29, 0.717) is 5.69 Å². The summed E-state index contributed by atoms with van der Waals surface area (Å²) in [6.45, 7) is 3.54. The number of nitrogens with one attached hydrogen (secondary N) is 2. The molecule has 1 aromatic carbocycles. The standard InChI is InChI=1S/C13H15N3O3/c1-8-4-3-5-10(9(8)2)15-11(17)7-16-12(18)6-14-13(16)19/h3-5H,6-7H2,1-2H3,(H,14,19)(H,15,17). The number of benzene rings is 1. The second-order valence-corrected chi connectivity index (χ2v) is 4.43. The van der Waals surface area contributed by atoms with Crippen LogP contribution in [0.1, 0.15) is 11.1 Å². The topological polar surface area (TPSA) is 78.5 Å². The zero-order valence-corrected chi connectivity index (χ0v) is 10.8. The third-order valence-electron chi connectivity index (χ3n) is 3.12. The van der Waals surface area contributed by atoms with Crippen LogP contribution in [0.3, 0.4) is 0 Å². The fourth-order valence-electron chi connectivity index (χ4n) is 1.84. The minimum Gasteiger partial charge on any atom is -0.329 e. The van der Waals surface area contributed by atoms with Crippen LogP contribution >= 0.6 is 0 Å². The number of rotatable bonds is 3. The highest BCUT2D eigenvalue weighted by molar-refractivity contribution is 6.06. The molecule has 0 aliphatic carbocycles. The summed E-state index contributed by atoms with van der Waals surface area (Å²) < 4.78 is 0. The minimum absolute atomic E-state index is 0.0460. The molecule has 0 aromatic heterocycles. The molecule has 1 saturated heterocycles. The van der Waals surface area contributed by atoms with E-state index in [1.54, 1.807) is 6.07 Å². The maximum absolute atomic E-state index is 11.8. The molecule has 6 heteroatoms. The number of anilines is 1. The largest absolute Gasteiger partial charge is 0.329 e. The van der Waals surface area contributed by atoms with Crippen molar-refractivity contribution in [1.29, 1.82) is 0 Å². The SMILES string of the molecule is Cc1cccc(NC(=O)CN2C(=O)CNC2=O)c1C. The summed E-state index contributed by atoms with van der Waals surface area (Å²) in [6, 6.07) is 5.04. The van der Waals surface area contributed by atoms with Crippen molar-refractivity contribution in [2.45, 2.75) is 13.8 Å². The Hall–Kier alpha value is -2.37. The average Bonchev–Trinajstić information content (AvgIpc) is 2.67. The van der Waals surface area contributed by atoms with Crippen LogP contribution < -0.4 is 10.6 Å². The minimum atomic E-state index is -0.527. The van der Waals surface area contributed by atoms with Gasteiger partial charge in [0.1, 0.15) is 6.54 Å². The van der Waals surface area contributed by atoms with Gasteiger partial charge in [0.2, 0.25) is 5.91 Å². The molecule has 100 valence electrons. The molecule has 6 nitrogen and oxygen atoms in total. The molecule has 19 heavy (non-hydrogen) atoms. The molecule has 0 saturated carbocycles. The average molecular weight is 261 g/mol. The van der Waals surface area contributed by atoms with E-state index < -0.39 is 6.03 Å². The van der Waals surface area contributed by atoms with E-state index in [0.717, 1.165) is 16.0 Å². The summed E-state index contributed by atoms with van der Waals surface area (Å²) in [5, 5.41) is 5.07. The Balaban J connectivity index is 2.04. The second-order valence-electron chi connectivity index (χ2n) is 4.43. The van der Waals surface area contributed by atoms with Gasteiger partial charge in [-0.25, -0.2) is 4.79 Å². The van der Waals surface area contributed by atoms with Gasteiger partial charge in [0, 0.05) is 5.69 Å². The third-order valence-corrected chi connectivity index (χ3v) is 3.12. The van der Waals surface area contributed by atoms with E-state index in [4.69, 9.17) is 0 Å². The lowest BCUT2D eigenvalue weighted by atomic mass is 10.1. The molecule has 0 atom stereocenters. The van der Waals surface area contributed by atoms with Gasteiger partial charge in [-0.05, 0) is 31.0 Å². The van der Waals surface area contributed by atoms with Crippen molar-refractivity contribution in [1.82, 2.24) is 10.2 Å². The summed E-state index contributed by atoms with van der Waals surface area (Å²) in [4.78, 5) is 35.4. The van der Waals surface area contributed by atoms with Crippen molar-refractivity contribution in [2.75, 3.05) is 18.4 Å². The number of aryl methyl sites for hydroxylation is 1. The highest BCUT2D eigenvalue weighted by Crippen LogP contribution is 2.17. The van der Waals surface area contributed by atoms with Crippen molar-refractivity contribution in [3.63, 3.8) is 0 Å². The highest BCUT2D eigenvalue weighted by atomic mass is 16.2. The molecule has 0 spiro atoms. The van der Waals surface area contributed by atoms with Gasteiger partial charge >= 0.3 is 6.03 Å². The summed E-state index contributed by atoms with van der Waals surface area (Å²) in [6.07, 6.45) is 0. The molecule has 1 aromatic rings. The first-order valence-corrected chi connectivity index (χ1v) is 5.93. The molecule has 2 rings (SSSR count). The Labute approximate surface area is 110 Å². The van der Waals surface area contributed by atoms with Gasteiger partial charge < -0.3 is 10.6 Å². The number of carbonyl (C=O) groups is 3. The number of amides is 4. The van der Waals surface area contributed by atoms with Gasteiger partial charge in [-0.15, -0.1) is 0 Å². The number of hydrogen-bond donors (Lipinski definition) is 2. The van der Waals surface area contributed by atoms with Crippen LogP contribution in [0.25, 0.3) is 0 Å². The number of imide groups is 1. The fourth-order valence-corrected chi connectivity index (χ4v) is 1.84. The molecule has 4 amide bonds. The van der Waals surface area contributed by atoms with E-state index in [9.17, 15) is 14.4 Å². The summed E-state index contributed by atoms with van der Waals surface area (Å²) in [5.74, 6) is -0.778. The maximum Gasteiger partial charge on any atom is 0.325 e. The van der Waals surface area contributed by atoms with Crippen LogP contribution in [-0.4, -0.2) is 35.8 Å². The van der Waals surface area contributed by atoms with E-state index >= 15 is 0 Å². The Kier molecular flexibility index (Phi) is 3.50. The van der Waals surface area contributed by atoms with Crippen LogP contribution in [0.5, 0.6) is 0 Å². The zero-order chi connectivity index (χ0) is 14.0. The van der Waals surface area contributed by atoms with Gasteiger partial charge in [-0.1, -0.05) is 12.1 Å². The molecule has 1 aliphatic heterocycles. The Morgan fingerprint density at radius 1 is 1.37 bits per heavy atom. The Morgan fingerprint density at radius 2 is 2.11 bits per heavy atom. The molecule has 2 N–H and O–H groups in total. The molecule has 1 fully saturated rings. The van der Waals surface area contributed by atoms with E-state index in [1.165, 1.54) is 0 Å². The fraction of sp³-hybridized carbons (Fsp3) is 0.308. The van der Waals surface area contributed by atoms with Crippen molar-refractivity contribution >= 4 is 23.5 Å². The van der Waals surface area contributed by atoms with Gasteiger partial charge in [0.05, 0.1) is 6.54 Å². The van der Waals surface area contributed by atoms with Crippen molar-refractivity contribution < 1.29 is 14.4 Å². The van der Waals surface area contributed by atoms with Gasteiger partial charge in [-0.3, -0.25) is 14.5 Å². The van der Waals surface area contributed by atoms with E-state index in [1.807, 2.05) is 26.0 Å². The highest BCUT2D eigenvalue weighted by Gasteiger charge is 2.30. The normalized spacial score (nSPS) is 14.5. The lowest BCUT2D eigenvalue weighted by molar-refractivity contribution is -0.128. The van der Waals surface area contributed by atoms with Gasteiger partial charge in [-0.2, -0.15) is 0 Å². The van der Waals surface area contributed by atoms with Crippen molar-refractivity contribution in [2.24, 2.45) is 0 Å². The van der Waals surface area contributed by atoms with Crippen molar-refractivity contribution in [3.05, 3.63) is 29.3 Å². The van der Waals surface area contributed by atoms with Crippen LogP contribution in [0.2, 0.25) is 0 Å². The lowest BCUT2D eigenvalue weighted by Gasteiger charge is -2.14.